The number of imidazole rings is 1. The Kier molecular flexibility index (Phi) is 4.99. The molecule has 0 spiro atoms. The van der Waals surface area contributed by atoms with Crippen molar-refractivity contribution >= 4 is 45.1 Å². The maximum absolute atomic E-state index is 10.4. The molecule has 1 fully saturated rings. The number of fused-ring (bicyclic) bond motifs is 1. The summed E-state index contributed by atoms with van der Waals surface area (Å²) < 4.78 is 12.9. The summed E-state index contributed by atoms with van der Waals surface area (Å²) in [6.45, 7) is -0.466. The number of ether oxygens (including phenoxy) is 1. The van der Waals surface area contributed by atoms with Gasteiger partial charge in [-0.2, -0.15) is 5.10 Å². The van der Waals surface area contributed by atoms with Gasteiger partial charge in [0.15, 0.2) is 27.9 Å². The Labute approximate surface area is 165 Å². The number of hydrazone groups is 1. The molecule has 13 heteroatoms. The minimum Gasteiger partial charge on any atom is -0.448 e. The van der Waals surface area contributed by atoms with Gasteiger partial charge in [0.2, 0.25) is 5.95 Å². The average Bonchev–Trinajstić information content (AvgIpc) is 3.33. The highest BCUT2D eigenvalue weighted by Crippen LogP contribution is 2.35. The molecule has 0 bridgehead atoms. The molecule has 148 valence electrons. The highest BCUT2D eigenvalue weighted by Gasteiger charge is 2.45. The number of aliphatic hydroxyl groups is 3. The molecular weight excluding hydrogens is 438 g/mol. The van der Waals surface area contributed by atoms with Crippen molar-refractivity contribution in [2.24, 2.45) is 5.10 Å². The fourth-order valence-corrected chi connectivity index (χ4v) is 3.21. The van der Waals surface area contributed by atoms with Crippen LogP contribution < -0.4 is 11.2 Å². The van der Waals surface area contributed by atoms with Gasteiger partial charge in [0.25, 0.3) is 0 Å². The summed E-state index contributed by atoms with van der Waals surface area (Å²) in [5.41, 5.74) is 9.12. The second-order valence-electron chi connectivity index (χ2n) is 5.98. The van der Waals surface area contributed by atoms with E-state index in [2.05, 4.69) is 41.4 Å². The second-order valence-corrected chi connectivity index (χ2v) is 6.76. The number of nitrogen functional groups attached to an aromatic ring is 1. The third kappa shape index (κ3) is 3.22. The van der Waals surface area contributed by atoms with Crippen LogP contribution >= 0.6 is 15.9 Å². The summed E-state index contributed by atoms with van der Waals surface area (Å²) in [7, 11) is 0. The monoisotopic (exact) mass is 453 g/mol. The molecule has 28 heavy (non-hydrogen) atoms. The lowest BCUT2D eigenvalue weighted by Gasteiger charge is -2.18. The minimum absolute atomic E-state index is 0.123. The average molecular weight is 454 g/mol. The van der Waals surface area contributed by atoms with E-state index in [0.717, 1.165) is 0 Å². The summed E-state index contributed by atoms with van der Waals surface area (Å²) in [5.74, 6) is 0.741. The van der Waals surface area contributed by atoms with Crippen LogP contribution in [0.25, 0.3) is 11.2 Å². The lowest BCUT2D eigenvalue weighted by Crippen LogP contribution is -2.33. The number of nitrogens with one attached hydrogen (secondary N) is 1. The van der Waals surface area contributed by atoms with E-state index in [-0.39, 0.29) is 22.9 Å². The number of aromatic nitrogens is 4. The van der Waals surface area contributed by atoms with Crippen molar-refractivity contribution < 1.29 is 24.5 Å². The zero-order valence-corrected chi connectivity index (χ0v) is 15.8. The van der Waals surface area contributed by atoms with Crippen LogP contribution in [0.15, 0.2) is 32.6 Å². The van der Waals surface area contributed by atoms with Crippen molar-refractivity contribution in [3.8, 4) is 0 Å². The predicted octanol–water partition coefficient (Wildman–Crippen LogP) is -0.179. The van der Waals surface area contributed by atoms with Gasteiger partial charge in [-0.1, -0.05) is 0 Å². The quantitative estimate of drug-likeness (QED) is 0.257. The van der Waals surface area contributed by atoms with E-state index in [1.54, 1.807) is 12.1 Å². The number of halogens is 1. The summed E-state index contributed by atoms with van der Waals surface area (Å²) >= 11 is 3.20. The van der Waals surface area contributed by atoms with Crippen LogP contribution in [-0.4, -0.2) is 66.0 Å². The first-order chi connectivity index (χ1) is 13.5. The number of anilines is 2. The Balaban J connectivity index is 1.72. The smallest absolute Gasteiger partial charge is 0.228 e. The molecule has 0 aromatic carbocycles. The summed E-state index contributed by atoms with van der Waals surface area (Å²) in [4.78, 5) is 12.4. The lowest BCUT2D eigenvalue weighted by atomic mass is 10.1. The molecule has 4 rings (SSSR count). The Morgan fingerprint density at radius 3 is 2.82 bits per heavy atom. The van der Waals surface area contributed by atoms with Crippen molar-refractivity contribution in [2.45, 2.75) is 24.5 Å². The number of nitrogens with two attached hydrogens (primary N) is 1. The topological polar surface area (TPSA) is 177 Å². The van der Waals surface area contributed by atoms with Gasteiger partial charge in [-0.05, 0) is 28.1 Å². The summed E-state index contributed by atoms with van der Waals surface area (Å²) in [6.07, 6.45) is -2.01. The Hall–Kier alpha value is -2.58. The van der Waals surface area contributed by atoms with Crippen molar-refractivity contribution in [2.75, 3.05) is 17.8 Å². The highest BCUT2D eigenvalue weighted by atomic mass is 79.9. The fraction of sp³-hybridized carbons (Fsp3) is 0.333. The van der Waals surface area contributed by atoms with Gasteiger partial charge in [0, 0.05) is 0 Å². The molecule has 4 atom stereocenters. The lowest BCUT2D eigenvalue weighted by molar-refractivity contribution is -0.0501. The highest BCUT2D eigenvalue weighted by molar-refractivity contribution is 9.10. The first kappa shape index (κ1) is 18.8. The first-order valence-electron chi connectivity index (χ1n) is 8.15. The van der Waals surface area contributed by atoms with Crippen molar-refractivity contribution in [3.05, 3.63) is 28.9 Å². The SMILES string of the molecule is Nc1ncnc2c1nc(NN=Cc1ccc(Br)o1)n2C1OC(CO)C(O)C1O. The van der Waals surface area contributed by atoms with Gasteiger partial charge >= 0.3 is 0 Å². The molecule has 3 aromatic rings. The zero-order valence-electron chi connectivity index (χ0n) is 14.2. The number of hydrogen-bond donors (Lipinski definition) is 5. The Morgan fingerprint density at radius 1 is 1.32 bits per heavy atom. The molecule has 0 saturated carbocycles. The van der Waals surface area contributed by atoms with Gasteiger partial charge in [0.05, 0.1) is 12.8 Å². The van der Waals surface area contributed by atoms with E-state index < -0.39 is 31.1 Å². The van der Waals surface area contributed by atoms with Crippen LogP contribution in [-0.2, 0) is 4.74 Å². The van der Waals surface area contributed by atoms with Crippen molar-refractivity contribution in [1.82, 2.24) is 19.5 Å². The largest absolute Gasteiger partial charge is 0.448 e. The van der Waals surface area contributed by atoms with E-state index in [1.807, 2.05) is 0 Å². The number of nitrogens with zero attached hydrogens (tertiary/aromatic N) is 5. The Morgan fingerprint density at radius 2 is 2.14 bits per heavy atom. The second kappa shape index (κ2) is 7.44. The molecular formula is C15H16BrN7O5. The molecule has 1 saturated heterocycles. The van der Waals surface area contributed by atoms with E-state index in [1.165, 1.54) is 17.1 Å². The third-order valence-corrected chi connectivity index (χ3v) is 4.65. The van der Waals surface area contributed by atoms with Crippen LogP contribution in [0.5, 0.6) is 0 Å². The van der Waals surface area contributed by atoms with E-state index in [9.17, 15) is 15.3 Å². The van der Waals surface area contributed by atoms with Gasteiger partial charge in [0.1, 0.15) is 30.4 Å². The molecule has 0 amide bonds. The predicted molar refractivity (Wildman–Crippen MR) is 100 cm³/mol. The third-order valence-electron chi connectivity index (χ3n) is 4.23. The van der Waals surface area contributed by atoms with Crippen LogP contribution in [0.1, 0.15) is 12.0 Å². The van der Waals surface area contributed by atoms with Gasteiger partial charge < -0.3 is 30.2 Å². The van der Waals surface area contributed by atoms with E-state index in [0.29, 0.717) is 10.4 Å². The molecule has 6 N–H and O–H groups in total. The molecule has 0 radical (unpaired) electrons. The standard InChI is InChI=1S/C15H16BrN7O5/c16-8-2-1-6(27-8)3-20-22-15-21-9-12(17)18-5-19-13(9)23(15)14-11(26)10(25)7(4-24)28-14/h1-3,5,7,10-11,14,24-26H,4H2,(H,21,22)(H2,17,18,19). The number of rotatable bonds is 5. The number of furan rings is 1. The number of aliphatic hydroxyl groups excluding tert-OH is 3. The van der Waals surface area contributed by atoms with Crippen molar-refractivity contribution in [3.63, 3.8) is 0 Å². The van der Waals surface area contributed by atoms with E-state index >= 15 is 0 Å². The maximum Gasteiger partial charge on any atom is 0.228 e. The van der Waals surface area contributed by atoms with Gasteiger partial charge in [-0.25, -0.2) is 20.4 Å². The van der Waals surface area contributed by atoms with Gasteiger partial charge in [-0.15, -0.1) is 0 Å². The first-order valence-corrected chi connectivity index (χ1v) is 8.94. The van der Waals surface area contributed by atoms with Crippen LogP contribution in [0, 0.1) is 0 Å². The van der Waals surface area contributed by atoms with Crippen LogP contribution in [0.3, 0.4) is 0 Å². The molecule has 12 nitrogen and oxygen atoms in total. The van der Waals surface area contributed by atoms with E-state index in [4.69, 9.17) is 14.9 Å². The number of hydrogen-bond acceptors (Lipinski definition) is 11. The minimum atomic E-state index is -1.34. The molecule has 4 unspecified atom stereocenters. The van der Waals surface area contributed by atoms with Gasteiger partial charge in [-0.3, -0.25) is 4.57 Å². The van der Waals surface area contributed by atoms with Crippen LogP contribution in [0.2, 0.25) is 0 Å². The fourth-order valence-electron chi connectivity index (χ4n) is 2.89. The maximum atomic E-state index is 10.4. The van der Waals surface area contributed by atoms with Crippen LogP contribution in [0.4, 0.5) is 11.8 Å². The normalized spacial score (nSPS) is 25.1. The zero-order chi connectivity index (χ0) is 19.8. The molecule has 1 aliphatic rings. The van der Waals surface area contributed by atoms with Crippen molar-refractivity contribution in [1.29, 1.82) is 0 Å². The summed E-state index contributed by atoms with van der Waals surface area (Å²) in [6, 6.07) is 3.42. The molecule has 1 aliphatic heterocycles. The molecule has 4 heterocycles. The molecule has 3 aromatic heterocycles. The molecule has 0 aliphatic carbocycles. The Bertz CT molecular complexity index is 1020. The summed E-state index contributed by atoms with van der Waals surface area (Å²) in [5, 5.41) is 33.9.